The zero-order chi connectivity index (χ0) is 35.6. The number of carbonyl (C=O) groups is 3. The maximum atomic E-state index is 14.5. The van der Waals surface area contributed by atoms with Crippen LogP contribution in [-0.4, -0.2) is 116 Å². The Bertz CT molecular complexity index is 1420. The Kier molecular flexibility index (Phi) is 13.9. The fraction of sp³-hybridized carbons (Fsp3) is 0.647. The molecule has 3 amide bonds. The van der Waals surface area contributed by atoms with Crippen molar-refractivity contribution >= 4 is 29.1 Å². The van der Waals surface area contributed by atoms with Gasteiger partial charge in [0.2, 0.25) is 11.8 Å². The number of nitrogens with zero attached hydrogens (tertiary/aromatic N) is 2. The third-order valence-electron chi connectivity index (χ3n) is 8.37. The first-order valence-electron chi connectivity index (χ1n) is 16.7. The van der Waals surface area contributed by atoms with Gasteiger partial charge in [0.05, 0.1) is 61.8 Å². The van der Waals surface area contributed by atoms with Crippen LogP contribution in [0.4, 0.5) is 4.39 Å². The lowest BCUT2D eigenvalue weighted by Gasteiger charge is -2.35. The first kappa shape index (κ1) is 38.6. The molecule has 49 heavy (non-hydrogen) atoms. The Balaban J connectivity index is 1.38. The molecule has 13 nitrogen and oxygen atoms in total. The topological polar surface area (TPSA) is 175 Å². The van der Waals surface area contributed by atoms with Crippen LogP contribution in [-0.2, 0) is 35.1 Å². The molecule has 1 saturated carbocycles. The number of hydrogen-bond donors (Lipinski definition) is 4. The third kappa shape index (κ3) is 10.9. The molecule has 3 atom stereocenters. The molecule has 5 N–H and O–H groups in total. The monoisotopic (exact) mass is 707 g/mol. The first-order valence-corrected chi connectivity index (χ1v) is 17.6. The molecule has 4 rings (SSSR count). The molecule has 0 radical (unpaired) electrons. The van der Waals surface area contributed by atoms with E-state index in [1.54, 1.807) is 26.3 Å². The van der Waals surface area contributed by atoms with Gasteiger partial charge in [-0.25, -0.2) is 9.37 Å². The van der Waals surface area contributed by atoms with Crippen LogP contribution in [0.3, 0.4) is 0 Å². The van der Waals surface area contributed by atoms with E-state index in [4.69, 9.17) is 24.7 Å². The highest BCUT2D eigenvalue weighted by atomic mass is 32.1. The average Bonchev–Trinajstić information content (AvgIpc) is 3.47. The number of aromatic nitrogens is 1. The summed E-state index contributed by atoms with van der Waals surface area (Å²) in [7, 11) is 0. The van der Waals surface area contributed by atoms with Gasteiger partial charge in [0.1, 0.15) is 24.4 Å². The van der Waals surface area contributed by atoms with Gasteiger partial charge in [-0.15, -0.1) is 11.3 Å². The number of aryl methyl sites for hydroxylation is 1. The summed E-state index contributed by atoms with van der Waals surface area (Å²) in [6.45, 7) is 10.5. The lowest BCUT2D eigenvalue weighted by Crippen LogP contribution is -2.59. The van der Waals surface area contributed by atoms with Crippen LogP contribution < -0.4 is 21.1 Å². The van der Waals surface area contributed by atoms with Crippen molar-refractivity contribution in [3.8, 4) is 16.2 Å². The number of aliphatic hydroxyl groups excluding tert-OH is 1. The van der Waals surface area contributed by atoms with Crippen LogP contribution in [0.25, 0.3) is 10.4 Å². The quantitative estimate of drug-likeness (QED) is 0.158. The molecule has 2 heterocycles. The van der Waals surface area contributed by atoms with E-state index in [0.29, 0.717) is 57.5 Å². The molecular weight excluding hydrogens is 657 g/mol. The van der Waals surface area contributed by atoms with E-state index in [0.717, 1.165) is 16.1 Å². The Morgan fingerprint density at radius 2 is 1.76 bits per heavy atom. The van der Waals surface area contributed by atoms with Crippen molar-refractivity contribution in [1.82, 2.24) is 20.5 Å². The highest BCUT2D eigenvalue weighted by Crippen LogP contribution is 2.40. The number of ether oxygens (including phenoxy) is 4. The molecule has 15 heteroatoms. The van der Waals surface area contributed by atoms with Crippen molar-refractivity contribution < 1.29 is 42.8 Å². The Hall–Kier alpha value is -3.21. The predicted octanol–water partition coefficient (Wildman–Crippen LogP) is 2.12. The van der Waals surface area contributed by atoms with Crippen molar-refractivity contribution in [3.63, 3.8) is 0 Å². The lowest BCUT2D eigenvalue weighted by atomic mass is 9.85. The van der Waals surface area contributed by atoms with Gasteiger partial charge in [0.25, 0.3) is 5.91 Å². The number of hydrogen-bond acceptors (Lipinski definition) is 11. The number of likely N-dealkylation sites (tertiary alicyclic amines) is 1. The second kappa shape index (κ2) is 17.6. The van der Waals surface area contributed by atoms with Crippen molar-refractivity contribution in [1.29, 1.82) is 0 Å². The molecule has 272 valence electrons. The summed E-state index contributed by atoms with van der Waals surface area (Å²) >= 11 is 1.51. The van der Waals surface area contributed by atoms with Crippen LogP contribution in [0.2, 0.25) is 0 Å². The zero-order valence-corrected chi connectivity index (χ0v) is 29.6. The summed E-state index contributed by atoms with van der Waals surface area (Å²) < 4.78 is 37.0. The third-order valence-corrected chi connectivity index (χ3v) is 9.35. The normalized spacial score (nSPS) is 19.0. The number of β-amino-alcohol motifs (C(OH)–C–C–N with tert-alkyl or cyclic N) is 1. The molecule has 3 unspecified atom stereocenters. The molecule has 0 spiro atoms. The lowest BCUT2D eigenvalue weighted by molar-refractivity contribution is -0.145. The van der Waals surface area contributed by atoms with Gasteiger partial charge in [-0.1, -0.05) is 32.9 Å². The van der Waals surface area contributed by atoms with Crippen molar-refractivity contribution in [2.24, 2.45) is 11.1 Å². The van der Waals surface area contributed by atoms with E-state index in [9.17, 15) is 23.9 Å². The number of rotatable bonds is 19. The molecule has 1 aliphatic heterocycles. The van der Waals surface area contributed by atoms with Crippen molar-refractivity contribution in [2.75, 3.05) is 59.3 Å². The minimum Gasteiger partial charge on any atom is -0.491 e. The molecular formula is C34H50FN5O8S. The molecule has 1 saturated heterocycles. The minimum absolute atomic E-state index is 0.0319. The molecule has 1 aromatic carbocycles. The standard InChI is InChI=1S/C34H50FN5O8S/c1-22-28(49-21-38-22)23-5-6-24(27(17-23)48-16-15-47-14-13-46-12-11-45-10-9-36)19-37-30(42)26-18-25(41)20-40(26)31(43)29(33(2,3)4)39-32(44)34(35)7-8-34/h5-6,17,21,25-26,29,41H,7-16,18-20,36H2,1-4H3,(H,37,42)(H,39,44). The Labute approximate surface area is 291 Å². The van der Waals surface area contributed by atoms with E-state index in [-0.39, 0.29) is 39.0 Å². The number of alkyl halides is 1. The predicted molar refractivity (Wildman–Crippen MR) is 182 cm³/mol. The molecule has 0 bridgehead atoms. The van der Waals surface area contributed by atoms with Crippen molar-refractivity contribution in [3.05, 3.63) is 35.0 Å². The highest BCUT2D eigenvalue weighted by Gasteiger charge is 2.53. The average molecular weight is 708 g/mol. The minimum atomic E-state index is -1.96. The van der Waals surface area contributed by atoms with E-state index in [2.05, 4.69) is 15.6 Å². The van der Waals surface area contributed by atoms with Gasteiger partial charge in [0.15, 0.2) is 5.67 Å². The molecule has 1 aliphatic carbocycles. The number of nitrogens with one attached hydrogen (secondary N) is 2. The van der Waals surface area contributed by atoms with Crippen LogP contribution in [0.5, 0.6) is 5.75 Å². The Morgan fingerprint density at radius 1 is 1.10 bits per heavy atom. The summed E-state index contributed by atoms with van der Waals surface area (Å²) in [4.78, 5) is 46.5. The smallest absolute Gasteiger partial charge is 0.258 e. The number of benzene rings is 1. The maximum absolute atomic E-state index is 14.5. The van der Waals surface area contributed by atoms with E-state index in [1.165, 1.54) is 16.2 Å². The summed E-state index contributed by atoms with van der Waals surface area (Å²) in [6.07, 6.45) is -0.669. The van der Waals surface area contributed by atoms with E-state index >= 15 is 0 Å². The number of amides is 3. The molecule has 2 fully saturated rings. The van der Waals surface area contributed by atoms with Crippen LogP contribution in [0, 0.1) is 12.3 Å². The summed E-state index contributed by atoms with van der Waals surface area (Å²) in [5.74, 6) is -1.27. The molecule has 2 aliphatic rings. The fourth-order valence-corrected chi connectivity index (χ4v) is 6.21. The molecule has 2 aromatic rings. The van der Waals surface area contributed by atoms with Gasteiger partial charge in [-0.05, 0) is 36.8 Å². The second-order valence-electron chi connectivity index (χ2n) is 13.4. The van der Waals surface area contributed by atoms with E-state index < -0.39 is 47.0 Å². The number of aliphatic hydroxyl groups is 1. The summed E-state index contributed by atoms with van der Waals surface area (Å²) in [5.41, 5.74) is 6.95. The van der Waals surface area contributed by atoms with Gasteiger partial charge >= 0.3 is 0 Å². The molecule has 1 aromatic heterocycles. The summed E-state index contributed by atoms with van der Waals surface area (Å²) in [5, 5.41) is 16.0. The largest absolute Gasteiger partial charge is 0.491 e. The fourth-order valence-electron chi connectivity index (χ4n) is 5.41. The summed E-state index contributed by atoms with van der Waals surface area (Å²) in [6, 6.07) is 3.64. The van der Waals surface area contributed by atoms with Gasteiger partial charge in [0, 0.05) is 31.6 Å². The Morgan fingerprint density at radius 3 is 2.35 bits per heavy atom. The number of thiazole rings is 1. The van der Waals surface area contributed by atoms with Crippen LogP contribution in [0.15, 0.2) is 23.7 Å². The number of carbonyl (C=O) groups excluding carboxylic acids is 3. The van der Waals surface area contributed by atoms with Crippen LogP contribution >= 0.6 is 11.3 Å². The van der Waals surface area contributed by atoms with E-state index in [1.807, 2.05) is 25.1 Å². The van der Waals surface area contributed by atoms with Crippen molar-refractivity contribution in [2.45, 2.75) is 77.4 Å². The number of nitrogens with two attached hydrogens (primary N) is 1. The van der Waals surface area contributed by atoms with Gasteiger partial charge in [-0.2, -0.15) is 0 Å². The SMILES string of the molecule is Cc1ncsc1-c1ccc(CNC(=O)C2CC(O)CN2C(=O)C(NC(=O)C2(F)CC2)C(C)(C)C)c(OCCOCCOCCOCCN)c1. The first-order chi connectivity index (χ1) is 23.3. The maximum Gasteiger partial charge on any atom is 0.258 e. The number of halogens is 1. The second-order valence-corrected chi connectivity index (χ2v) is 14.3. The highest BCUT2D eigenvalue weighted by molar-refractivity contribution is 7.13. The zero-order valence-electron chi connectivity index (χ0n) is 28.8. The van der Waals surface area contributed by atoms with Gasteiger partial charge in [-0.3, -0.25) is 14.4 Å². The van der Waals surface area contributed by atoms with Gasteiger partial charge < -0.3 is 45.3 Å². The van der Waals surface area contributed by atoms with Crippen LogP contribution in [0.1, 0.15) is 51.3 Å².